The summed E-state index contributed by atoms with van der Waals surface area (Å²) in [6.45, 7) is 3.86. The summed E-state index contributed by atoms with van der Waals surface area (Å²) in [5, 5.41) is 0. The summed E-state index contributed by atoms with van der Waals surface area (Å²) in [6.07, 6.45) is 18.9. The third kappa shape index (κ3) is 11.1. The van der Waals surface area contributed by atoms with Gasteiger partial charge in [0.15, 0.2) is 0 Å². The first-order valence-electron chi connectivity index (χ1n) is 10.9. The van der Waals surface area contributed by atoms with Crippen LogP contribution in [0.1, 0.15) is 104 Å². The Morgan fingerprint density at radius 2 is 1.70 bits per heavy atom. The number of hydrogen-bond acceptors (Lipinski definition) is 4. The maximum absolute atomic E-state index is 12.0. The summed E-state index contributed by atoms with van der Waals surface area (Å²) < 4.78 is 4.76. The Morgan fingerprint density at radius 3 is 2.37 bits per heavy atom. The van der Waals surface area contributed by atoms with Gasteiger partial charge in [-0.25, -0.2) is 0 Å². The zero-order valence-electron chi connectivity index (χ0n) is 17.3. The minimum atomic E-state index is -0.388. The van der Waals surface area contributed by atoms with Gasteiger partial charge >= 0.3 is 11.9 Å². The highest BCUT2D eigenvalue weighted by atomic mass is 16.6. The van der Waals surface area contributed by atoms with E-state index in [-0.39, 0.29) is 36.0 Å². The molecule has 1 fully saturated rings. The summed E-state index contributed by atoms with van der Waals surface area (Å²) in [4.78, 5) is 34.4. The molecule has 0 radical (unpaired) electrons. The molecule has 0 bridgehead atoms. The second-order valence-corrected chi connectivity index (χ2v) is 7.91. The molecule has 2 atom stereocenters. The van der Waals surface area contributed by atoms with E-state index in [0.717, 1.165) is 38.5 Å². The van der Waals surface area contributed by atoms with Gasteiger partial charge in [0, 0.05) is 6.42 Å². The van der Waals surface area contributed by atoms with Crippen LogP contribution in [-0.4, -0.2) is 17.7 Å². The number of carbonyl (C=O) groups excluding carboxylic acids is 3. The van der Waals surface area contributed by atoms with Crippen LogP contribution in [0, 0.1) is 11.8 Å². The molecule has 0 aromatic rings. The molecule has 0 saturated carbocycles. The van der Waals surface area contributed by atoms with E-state index in [2.05, 4.69) is 19.1 Å². The van der Waals surface area contributed by atoms with Crippen LogP contribution < -0.4 is 0 Å². The summed E-state index contributed by atoms with van der Waals surface area (Å²) in [6, 6.07) is 0. The summed E-state index contributed by atoms with van der Waals surface area (Å²) in [5.41, 5.74) is 0. The number of ether oxygens (including phenoxy) is 1. The lowest BCUT2D eigenvalue weighted by atomic mass is 9.86. The van der Waals surface area contributed by atoms with Crippen molar-refractivity contribution in [3.8, 4) is 0 Å². The molecule has 0 aromatic heterocycles. The molecule has 0 aliphatic carbocycles. The Bertz CT molecular complexity index is 481. The van der Waals surface area contributed by atoms with Gasteiger partial charge in [-0.1, -0.05) is 70.4 Å². The smallest absolute Gasteiger partial charge is 0.317 e. The van der Waals surface area contributed by atoms with Crippen molar-refractivity contribution < 1.29 is 19.1 Å². The summed E-state index contributed by atoms with van der Waals surface area (Å²) in [5.74, 6) is -0.711. The van der Waals surface area contributed by atoms with Crippen LogP contribution in [0.15, 0.2) is 12.2 Å². The Labute approximate surface area is 165 Å². The molecule has 27 heavy (non-hydrogen) atoms. The van der Waals surface area contributed by atoms with Gasteiger partial charge in [-0.2, -0.15) is 0 Å². The monoisotopic (exact) mass is 378 g/mol. The number of Topliss-reactive ketones (excluding diaryl/α,β-unsaturated/α-hetero) is 1. The first kappa shape index (κ1) is 23.6. The van der Waals surface area contributed by atoms with Crippen molar-refractivity contribution in [1.29, 1.82) is 0 Å². The highest BCUT2D eigenvalue weighted by Gasteiger charge is 2.37. The predicted molar refractivity (Wildman–Crippen MR) is 108 cm³/mol. The molecule has 2 unspecified atom stereocenters. The Kier molecular flexibility index (Phi) is 12.7. The van der Waals surface area contributed by atoms with Crippen LogP contribution in [0.5, 0.6) is 0 Å². The molecule has 154 valence electrons. The zero-order chi connectivity index (χ0) is 19.9. The third-order valence-corrected chi connectivity index (χ3v) is 5.34. The highest BCUT2D eigenvalue weighted by molar-refractivity contribution is 5.94. The van der Waals surface area contributed by atoms with Gasteiger partial charge in [0.05, 0.1) is 12.3 Å². The van der Waals surface area contributed by atoms with Crippen LogP contribution in [0.3, 0.4) is 0 Å². The second-order valence-electron chi connectivity index (χ2n) is 7.91. The second kappa shape index (κ2) is 14.6. The Hall–Kier alpha value is -1.45. The number of carbonyl (C=O) groups is 3. The van der Waals surface area contributed by atoms with E-state index in [1.165, 1.54) is 38.5 Å². The van der Waals surface area contributed by atoms with Gasteiger partial charge in [0.25, 0.3) is 0 Å². The predicted octanol–water partition coefficient (Wildman–Crippen LogP) is 5.93. The lowest BCUT2D eigenvalue weighted by Crippen LogP contribution is -2.18. The zero-order valence-corrected chi connectivity index (χ0v) is 17.3. The lowest BCUT2D eigenvalue weighted by molar-refractivity contribution is -0.153. The highest BCUT2D eigenvalue weighted by Crippen LogP contribution is 2.30. The molecule has 1 aliphatic heterocycles. The number of ketones is 1. The molecule has 0 N–H and O–H groups in total. The van der Waals surface area contributed by atoms with Crippen LogP contribution in [0.25, 0.3) is 0 Å². The first-order valence-corrected chi connectivity index (χ1v) is 10.9. The molecular formula is C23H38O4. The van der Waals surface area contributed by atoms with Crippen LogP contribution in [0.4, 0.5) is 0 Å². The van der Waals surface area contributed by atoms with E-state index >= 15 is 0 Å². The fraction of sp³-hybridized carbons (Fsp3) is 0.783. The van der Waals surface area contributed by atoms with Crippen molar-refractivity contribution in [2.45, 2.75) is 104 Å². The van der Waals surface area contributed by atoms with E-state index in [0.29, 0.717) is 6.42 Å². The quantitative estimate of drug-likeness (QED) is 0.145. The van der Waals surface area contributed by atoms with Crippen molar-refractivity contribution in [3.63, 3.8) is 0 Å². The number of unbranched alkanes of at least 4 members (excludes halogenated alkanes) is 9. The van der Waals surface area contributed by atoms with Gasteiger partial charge in [0.1, 0.15) is 5.78 Å². The molecule has 4 heteroatoms. The van der Waals surface area contributed by atoms with Crippen molar-refractivity contribution in [2.24, 2.45) is 11.8 Å². The molecule has 1 heterocycles. The summed E-state index contributed by atoms with van der Waals surface area (Å²) in [7, 11) is 0. The maximum Gasteiger partial charge on any atom is 0.317 e. The van der Waals surface area contributed by atoms with E-state index in [4.69, 9.17) is 4.74 Å². The number of esters is 2. The minimum absolute atomic E-state index is 0.0943. The molecule has 1 saturated heterocycles. The molecule has 1 aliphatic rings. The average Bonchev–Trinajstić information content (AvgIpc) is 2.96. The van der Waals surface area contributed by atoms with Crippen molar-refractivity contribution in [3.05, 3.63) is 12.2 Å². The fourth-order valence-electron chi connectivity index (χ4n) is 3.67. The van der Waals surface area contributed by atoms with Gasteiger partial charge < -0.3 is 9.53 Å². The molecule has 0 aromatic carbocycles. The van der Waals surface area contributed by atoms with Gasteiger partial charge in [0.2, 0.25) is 0 Å². The van der Waals surface area contributed by atoms with E-state index in [1.807, 2.05) is 0 Å². The third-order valence-electron chi connectivity index (χ3n) is 5.34. The fourth-order valence-corrected chi connectivity index (χ4v) is 3.67. The normalized spacial score (nSPS) is 18.2. The SMILES string of the molecule is CCCCCCCC/C=C/C(CCCCCCC(C)=O)C1CC(=O)OC1=O. The van der Waals surface area contributed by atoms with Crippen molar-refractivity contribution in [1.82, 2.24) is 0 Å². The van der Waals surface area contributed by atoms with Gasteiger partial charge in [-0.15, -0.1) is 0 Å². The van der Waals surface area contributed by atoms with Crippen LogP contribution in [-0.2, 0) is 19.1 Å². The van der Waals surface area contributed by atoms with Crippen LogP contribution >= 0.6 is 0 Å². The number of allylic oxidation sites excluding steroid dienone is 2. The number of cyclic esters (lactones) is 2. The van der Waals surface area contributed by atoms with Gasteiger partial charge in [-0.3, -0.25) is 9.59 Å². The number of hydrogen-bond donors (Lipinski definition) is 0. The van der Waals surface area contributed by atoms with E-state index in [1.54, 1.807) is 6.92 Å². The first-order chi connectivity index (χ1) is 13.0. The minimum Gasteiger partial charge on any atom is -0.393 e. The molecular weight excluding hydrogens is 340 g/mol. The molecule has 4 nitrogen and oxygen atoms in total. The lowest BCUT2D eigenvalue weighted by Gasteiger charge is -2.16. The Morgan fingerprint density at radius 1 is 1.04 bits per heavy atom. The summed E-state index contributed by atoms with van der Waals surface area (Å²) >= 11 is 0. The van der Waals surface area contributed by atoms with Crippen molar-refractivity contribution >= 4 is 17.7 Å². The maximum atomic E-state index is 12.0. The van der Waals surface area contributed by atoms with Gasteiger partial charge in [-0.05, 0) is 38.5 Å². The van der Waals surface area contributed by atoms with Crippen LogP contribution in [0.2, 0.25) is 0 Å². The van der Waals surface area contributed by atoms with E-state index in [9.17, 15) is 14.4 Å². The number of rotatable bonds is 16. The molecule has 1 rings (SSSR count). The molecule has 0 amide bonds. The standard InChI is InChI=1S/C23H38O4/c1-3-4-5-6-7-8-9-13-16-20(21-18-22(25)27-23(21)26)17-14-11-10-12-15-19(2)24/h13,16,20-21H,3-12,14-15,17-18H2,1-2H3/b16-13+. The largest absolute Gasteiger partial charge is 0.393 e. The van der Waals surface area contributed by atoms with E-state index < -0.39 is 0 Å². The topological polar surface area (TPSA) is 60.4 Å². The average molecular weight is 379 g/mol. The Balaban J connectivity index is 2.35. The van der Waals surface area contributed by atoms with Crippen molar-refractivity contribution in [2.75, 3.05) is 0 Å². The molecule has 0 spiro atoms.